The number of ether oxygens (including phenoxy) is 5. The highest BCUT2D eigenvalue weighted by atomic mass is 31.2. The van der Waals surface area contributed by atoms with Crippen molar-refractivity contribution in [3.63, 3.8) is 0 Å². The van der Waals surface area contributed by atoms with Crippen LogP contribution in [0.2, 0.25) is 0 Å². The lowest BCUT2D eigenvalue weighted by molar-refractivity contribution is -0.302. The standard InChI is InChI=1S/C51H77FNO15P/c1-11-37-23-30(2)22-31(3)24-44(62-8)47-45(63-9)26-33(5)51(59,67-47)48(56)49(57)53-21-13-12-14-39(53)50(58)66-46(34(6)40(54)28-41(37)55)32(4)25-36-17-20-42(43(27-36)61-7)68-69(60,64-10)65-29-35-15-18-38(52)19-16-35/h15-16,18-19,23,25,31,33-34,36-37,39-40,42-47,54,59H,11-14,17,20-22,24,26-29H2,1-10H3/b30-23+,32-25+/t31-,33+,34+,36-,37+,39-,40-,42+,43+,44-,45-,46+,47+,51+,69?/m0/s1. The van der Waals surface area contributed by atoms with E-state index in [2.05, 4.69) is 0 Å². The number of cyclic esters (lactones) is 1. The van der Waals surface area contributed by atoms with Crippen molar-refractivity contribution in [1.82, 2.24) is 4.90 Å². The van der Waals surface area contributed by atoms with Crippen LogP contribution < -0.4 is 0 Å². The molecular formula is C51H77FNO15P. The summed E-state index contributed by atoms with van der Waals surface area (Å²) >= 11 is 0. The molecule has 15 atom stereocenters. The van der Waals surface area contributed by atoms with E-state index in [1.807, 2.05) is 32.9 Å². The molecule has 1 aromatic carbocycles. The topological polar surface area (TPSA) is 203 Å². The number of carbonyl (C=O) groups is 4. The van der Waals surface area contributed by atoms with Crippen molar-refractivity contribution in [2.45, 2.75) is 173 Å². The van der Waals surface area contributed by atoms with Crippen molar-refractivity contribution in [2.24, 2.45) is 29.6 Å². The Balaban J connectivity index is 1.45. The second kappa shape index (κ2) is 25.4. The molecule has 1 amide bonds. The van der Waals surface area contributed by atoms with Gasteiger partial charge in [0.1, 0.15) is 29.9 Å². The Kier molecular flexibility index (Phi) is 20.9. The Morgan fingerprint density at radius 2 is 1.58 bits per heavy atom. The number of hydrogen-bond donors (Lipinski definition) is 2. The molecule has 3 aliphatic heterocycles. The minimum absolute atomic E-state index is 0.000858. The van der Waals surface area contributed by atoms with Crippen LogP contribution in [0.3, 0.4) is 0 Å². The number of methoxy groups -OCH3 is 3. The number of aliphatic hydroxyl groups is 2. The van der Waals surface area contributed by atoms with Gasteiger partial charge in [0, 0.05) is 59.2 Å². The summed E-state index contributed by atoms with van der Waals surface area (Å²) in [6.07, 6.45) is 2.22. The summed E-state index contributed by atoms with van der Waals surface area (Å²) in [7, 11) is 1.69. The molecule has 1 aromatic rings. The molecule has 2 saturated heterocycles. The van der Waals surface area contributed by atoms with Gasteiger partial charge in [-0.05, 0) is 113 Å². The molecule has 1 saturated carbocycles. The van der Waals surface area contributed by atoms with Crippen molar-refractivity contribution in [3.05, 3.63) is 58.9 Å². The largest absolute Gasteiger partial charge is 0.475 e. The lowest BCUT2D eigenvalue weighted by Gasteiger charge is -2.47. The predicted molar refractivity (Wildman–Crippen MR) is 253 cm³/mol. The Bertz CT molecular complexity index is 2020. The molecule has 0 radical (unpaired) electrons. The molecule has 1 unspecified atom stereocenters. The normalized spacial score (nSPS) is 36.9. The number of Topliss-reactive ketones (excluding diaryl/α,β-unsaturated/α-hetero) is 2. The Hall–Kier alpha value is -3.22. The number of hydrogen-bond acceptors (Lipinski definition) is 15. The summed E-state index contributed by atoms with van der Waals surface area (Å²) in [6, 6.07) is 4.35. The molecule has 18 heteroatoms. The first-order chi connectivity index (χ1) is 32.7. The average Bonchev–Trinajstić information content (AvgIpc) is 3.33. The number of rotatable bonds is 12. The number of piperidine rings is 1. The summed E-state index contributed by atoms with van der Waals surface area (Å²) in [5.74, 6) is -8.53. The van der Waals surface area contributed by atoms with Crippen LogP contribution in [0.25, 0.3) is 0 Å². The van der Waals surface area contributed by atoms with Crippen LogP contribution in [-0.2, 0) is 67.6 Å². The molecule has 1 aliphatic carbocycles. The summed E-state index contributed by atoms with van der Waals surface area (Å²) < 4.78 is 74.0. The molecule has 4 aliphatic rings. The maximum Gasteiger partial charge on any atom is 0.475 e. The Morgan fingerprint density at radius 1 is 0.913 bits per heavy atom. The zero-order chi connectivity index (χ0) is 50.8. The molecule has 2 N–H and O–H groups in total. The highest BCUT2D eigenvalue weighted by Crippen LogP contribution is 2.53. The monoisotopic (exact) mass is 994 g/mol. The third-order valence-corrected chi connectivity index (χ3v) is 16.1. The van der Waals surface area contributed by atoms with Gasteiger partial charge in [-0.1, -0.05) is 57.6 Å². The van der Waals surface area contributed by atoms with E-state index in [0.29, 0.717) is 62.5 Å². The van der Waals surface area contributed by atoms with Crippen molar-refractivity contribution in [2.75, 3.05) is 35.0 Å². The van der Waals surface area contributed by atoms with Crippen molar-refractivity contribution in [1.29, 1.82) is 0 Å². The van der Waals surface area contributed by atoms with Crippen molar-refractivity contribution >= 4 is 31.3 Å². The van der Waals surface area contributed by atoms with Gasteiger partial charge in [-0.3, -0.25) is 28.0 Å². The van der Waals surface area contributed by atoms with Crippen LogP contribution in [-0.4, -0.2) is 128 Å². The fourth-order valence-electron chi connectivity index (χ4n) is 10.5. The number of ketones is 2. The van der Waals surface area contributed by atoms with Crippen LogP contribution in [0, 0.1) is 35.4 Å². The number of allylic oxidation sites excluding steroid dienone is 3. The smallest absolute Gasteiger partial charge is 0.456 e. The van der Waals surface area contributed by atoms with Gasteiger partial charge < -0.3 is 38.8 Å². The predicted octanol–water partition coefficient (Wildman–Crippen LogP) is 7.61. The van der Waals surface area contributed by atoms with E-state index in [4.69, 9.17) is 37.3 Å². The number of amides is 1. The SMILES string of the molecule is CC[C@@H]1/C=C(\C)C[C@H](C)C[C@H](OC)[C@H]2O[C@@](O)(C(=O)C(=O)N3CCCC[C@H]3C(=O)O[C@H](/C(C)=C/[C@@H]3CC[C@@H](OP(=O)(OC)OCc4ccc(F)cc4)[C@H](OC)C3)[C@H](C)[C@@H](O)CC1=O)[C@H](C)C[C@@H]2OC. The maximum atomic E-state index is 14.5. The van der Waals surface area contributed by atoms with Gasteiger partial charge >= 0.3 is 13.8 Å². The van der Waals surface area contributed by atoms with Gasteiger partial charge in [0.25, 0.3) is 11.7 Å². The molecule has 16 nitrogen and oxygen atoms in total. The number of aliphatic hydroxyl groups excluding tert-OH is 1. The number of phosphoric acid groups is 1. The average molecular weight is 994 g/mol. The van der Waals surface area contributed by atoms with E-state index < -0.39 is 104 Å². The van der Waals surface area contributed by atoms with Crippen LogP contribution in [0.5, 0.6) is 0 Å². The number of nitrogens with zero attached hydrogens (tertiary/aromatic N) is 1. The fourth-order valence-corrected chi connectivity index (χ4v) is 11.7. The summed E-state index contributed by atoms with van der Waals surface area (Å²) in [4.78, 5) is 58.4. The highest BCUT2D eigenvalue weighted by Gasteiger charge is 2.56. The molecule has 2 bridgehead atoms. The van der Waals surface area contributed by atoms with Crippen LogP contribution in [0.4, 0.5) is 4.39 Å². The number of fused-ring (bicyclic) bond motifs is 3. The van der Waals surface area contributed by atoms with E-state index in [-0.39, 0.29) is 50.0 Å². The Morgan fingerprint density at radius 3 is 2.22 bits per heavy atom. The van der Waals surface area contributed by atoms with E-state index in [0.717, 1.165) is 10.5 Å². The van der Waals surface area contributed by atoms with E-state index >= 15 is 0 Å². The molecule has 69 heavy (non-hydrogen) atoms. The first kappa shape index (κ1) is 56.7. The lowest BCUT2D eigenvalue weighted by atomic mass is 9.81. The molecule has 3 fully saturated rings. The van der Waals surface area contributed by atoms with Crippen LogP contribution in [0.1, 0.15) is 118 Å². The first-order valence-corrected chi connectivity index (χ1v) is 26.0. The number of halogens is 1. The third-order valence-electron chi connectivity index (χ3n) is 14.7. The molecule has 3 heterocycles. The van der Waals surface area contributed by atoms with Gasteiger partial charge in [-0.25, -0.2) is 13.8 Å². The van der Waals surface area contributed by atoms with E-state index in [1.165, 1.54) is 52.7 Å². The van der Waals surface area contributed by atoms with Crippen molar-refractivity contribution in [3.8, 4) is 0 Å². The molecule has 5 rings (SSSR count). The van der Waals surface area contributed by atoms with E-state index in [9.17, 15) is 38.3 Å². The van der Waals surface area contributed by atoms with Gasteiger partial charge in [-0.2, -0.15) is 0 Å². The zero-order valence-corrected chi connectivity index (χ0v) is 43.0. The van der Waals surface area contributed by atoms with Gasteiger partial charge in [0.2, 0.25) is 5.79 Å². The number of carbonyl (C=O) groups excluding carboxylic acids is 4. The fraction of sp³-hybridized carbons (Fsp3) is 0.725. The highest BCUT2D eigenvalue weighted by molar-refractivity contribution is 7.48. The van der Waals surface area contributed by atoms with Gasteiger partial charge in [0.05, 0.1) is 37.1 Å². The lowest BCUT2D eigenvalue weighted by Crippen LogP contribution is -2.64. The van der Waals surface area contributed by atoms with E-state index in [1.54, 1.807) is 20.8 Å². The second-order valence-electron chi connectivity index (χ2n) is 19.8. The Labute approximate surface area is 407 Å². The summed E-state index contributed by atoms with van der Waals surface area (Å²) in [6.45, 7) is 10.9. The first-order valence-electron chi connectivity index (χ1n) is 24.5. The minimum atomic E-state index is -4.08. The summed E-state index contributed by atoms with van der Waals surface area (Å²) in [5.41, 5.74) is 2.11. The minimum Gasteiger partial charge on any atom is -0.456 e. The molecule has 0 spiro atoms. The maximum absolute atomic E-state index is 14.5. The number of esters is 1. The number of benzene rings is 1. The number of phosphoric ester groups is 1. The molecule has 388 valence electrons. The molecule has 0 aromatic heterocycles. The van der Waals surface area contributed by atoms with Crippen LogP contribution in [0.15, 0.2) is 47.6 Å². The zero-order valence-electron chi connectivity index (χ0n) is 42.1. The molecular weight excluding hydrogens is 917 g/mol. The quantitative estimate of drug-likeness (QED) is 0.0896. The third kappa shape index (κ3) is 14.3. The second-order valence-corrected chi connectivity index (χ2v) is 21.5. The van der Waals surface area contributed by atoms with Gasteiger partial charge in [-0.15, -0.1) is 0 Å². The van der Waals surface area contributed by atoms with Crippen LogP contribution >= 0.6 is 7.82 Å². The van der Waals surface area contributed by atoms with Crippen molar-refractivity contribution < 1.29 is 75.6 Å². The summed E-state index contributed by atoms with van der Waals surface area (Å²) in [5, 5.41) is 24.0. The van der Waals surface area contributed by atoms with Gasteiger partial charge in [0.15, 0.2) is 0 Å².